The van der Waals surface area contributed by atoms with Crippen molar-refractivity contribution < 1.29 is 13.5 Å². The second kappa shape index (κ2) is 3.03. The number of likely N-dealkylation sites (N-methyl/N-ethyl adjacent to an activating group) is 1. The molecular weight excluding hydrogens is 152 g/mol. The molecule has 0 aromatic rings. The van der Waals surface area contributed by atoms with E-state index in [1.165, 1.54) is 7.11 Å². The van der Waals surface area contributed by atoms with Crippen molar-refractivity contribution in [2.45, 2.75) is 18.4 Å². The van der Waals surface area contributed by atoms with Crippen molar-refractivity contribution in [2.24, 2.45) is 0 Å². The Morgan fingerprint density at radius 3 is 2.64 bits per heavy atom. The lowest BCUT2D eigenvalue weighted by atomic mass is 10.2. The van der Waals surface area contributed by atoms with Gasteiger partial charge in [-0.25, -0.2) is 8.78 Å². The number of hydrogen-bond donors (Lipinski definition) is 0. The van der Waals surface area contributed by atoms with Gasteiger partial charge < -0.3 is 4.74 Å². The molecule has 1 aliphatic rings. The monoisotopic (exact) mass is 165 g/mol. The predicted molar refractivity (Wildman–Crippen MR) is 37.9 cm³/mol. The summed E-state index contributed by atoms with van der Waals surface area (Å²) in [5.41, 5.74) is 0. The molecular formula is C7H13F2NO. The van der Waals surface area contributed by atoms with Gasteiger partial charge in [-0.1, -0.05) is 0 Å². The van der Waals surface area contributed by atoms with Crippen molar-refractivity contribution in [2.75, 3.05) is 27.3 Å². The molecule has 1 heterocycles. The predicted octanol–water partition coefficient (Wildman–Crippen LogP) is 0.972. The largest absolute Gasteiger partial charge is 0.383 e. The molecule has 1 rings (SSSR count). The smallest absolute Gasteiger partial charge is 0.262 e. The fourth-order valence-electron chi connectivity index (χ4n) is 1.44. The highest BCUT2D eigenvalue weighted by atomic mass is 19.3. The number of methoxy groups -OCH3 is 1. The average molecular weight is 165 g/mol. The molecule has 1 fully saturated rings. The third-order valence-electron chi connectivity index (χ3n) is 2.00. The Labute approximate surface area is 65.1 Å². The van der Waals surface area contributed by atoms with Gasteiger partial charge in [-0.15, -0.1) is 0 Å². The van der Waals surface area contributed by atoms with Gasteiger partial charge in [0.25, 0.3) is 5.92 Å². The fraction of sp³-hybridized carbons (Fsp3) is 1.00. The van der Waals surface area contributed by atoms with Crippen LogP contribution in [0, 0.1) is 0 Å². The summed E-state index contributed by atoms with van der Waals surface area (Å²) < 4.78 is 30.2. The van der Waals surface area contributed by atoms with Gasteiger partial charge in [0.1, 0.15) is 0 Å². The molecule has 0 spiro atoms. The summed E-state index contributed by atoms with van der Waals surface area (Å²) in [5.74, 6) is -2.52. The van der Waals surface area contributed by atoms with Gasteiger partial charge in [0, 0.05) is 19.6 Å². The Hall–Kier alpha value is -0.220. The highest BCUT2D eigenvalue weighted by molar-refractivity contribution is 4.88. The third kappa shape index (κ3) is 2.10. The number of alkyl halides is 2. The number of nitrogens with zero attached hydrogens (tertiary/aromatic N) is 1. The molecule has 0 bridgehead atoms. The van der Waals surface area contributed by atoms with E-state index in [-0.39, 0.29) is 19.0 Å². The van der Waals surface area contributed by atoms with E-state index in [4.69, 9.17) is 4.74 Å². The Morgan fingerprint density at radius 2 is 2.27 bits per heavy atom. The molecule has 1 unspecified atom stereocenters. The topological polar surface area (TPSA) is 12.5 Å². The normalized spacial score (nSPS) is 31.1. The molecule has 11 heavy (non-hydrogen) atoms. The van der Waals surface area contributed by atoms with Gasteiger partial charge in [0.05, 0.1) is 13.2 Å². The van der Waals surface area contributed by atoms with Gasteiger partial charge in [0.2, 0.25) is 0 Å². The molecule has 1 aliphatic heterocycles. The molecule has 66 valence electrons. The van der Waals surface area contributed by atoms with Crippen LogP contribution in [-0.2, 0) is 4.74 Å². The zero-order chi connectivity index (χ0) is 8.48. The lowest BCUT2D eigenvalue weighted by Gasteiger charge is -2.16. The van der Waals surface area contributed by atoms with Crippen LogP contribution in [0.2, 0.25) is 0 Å². The molecule has 0 aliphatic carbocycles. The number of rotatable bonds is 2. The molecule has 0 aromatic carbocycles. The zero-order valence-electron chi connectivity index (χ0n) is 6.81. The summed E-state index contributed by atoms with van der Waals surface area (Å²) in [4.78, 5) is 1.64. The lowest BCUT2D eigenvalue weighted by molar-refractivity contribution is 0.0133. The molecule has 1 saturated heterocycles. The van der Waals surface area contributed by atoms with E-state index < -0.39 is 5.92 Å². The van der Waals surface area contributed by atoms with Crippen molar-refractivity contribution >= 4 is 0 Å². The molecule has 0 aromatic heterocycles. The van der Waals surface area contributed by atoms with Gasteiger partial charge >= 0.3 is 0 Å². The van der Waals surface area contributed by atoms with Crippen LogP contribution in [0.15, 0.2) is 0 Å². The van der Waals surface area contributed by atoms with Crippen LogP contribution >= 0.6 is 0 Å². The number of ether oxygens (including phenoxy) is 1. The van der Waals surface area contributed by atoms with Gasteiger partial charge in [-0.2, -0.15) is 0 Å². The second-order valence-electron chi connectivity index (χ2n) is 3.08. The molecule has 1 atom stereocenters. The van der Waals surface area contributed by atoms with Crippen LogP contribution in [0.25, 0.3) is 0 Å². The van der Waals surface area contributed by atoms with Crippen LogP contribution < -0.4 is 0 Å². The maximum atomic E-state index is 12.7. The average Bonchev–Trinajstić information content (AvgIpc) is 2.07. The van der Waals surface area contributed by atoms with Crippen molar-refractivity contribution in [3.05, 3.63) is 0 Å². The van der Waals surface area contributed by atoms with E-state index in [9.17, 15) is 8.78 Å². The molecule has 0 amide bonds. The number of hydrogen-bond acceptors (Lipinski definition) is 2. The van der Waals surface area contributed by atoms with Gasteiger partial charge in [0.15, 0.2) is 0 Å². The maximum absolute atomic E-state index is 12.7. The fourth-order valence-corrected chi connectivity index (χ4v) is 1.44. The standard InChI is InChI=1S/C7H13F2NO/c1-10-5-7(8,9)3-6(10)4-11-2/h6H,3-5H2,1-2H3. The highest BCUT2D eigenvalue weighted by Gasteiger charge is 2.42. The minimum atomic E-state index is -2.52. The molecule has 2 nitrogen and oxygen atoms in total. The first kappa shape index (κ1) is 8.87. The van der Waals surface area contributed by atoms with Crippen molar-refractivity contribution in [1.29, 1.82) is 0 Å². The van der Waals surface area contributed by atoms with Crippen molar-refractivity contribution in [3.8, 4) is 0 Å². The first-order chi connectivity index (χ1) is 5.05. The molecule has 0 saturated carbocycles. The zero-order valence-corrected chi connectivity index (χ0v) is 6.81. The summed E-state index contributed by atoms with van der Waals surface area (Å²) in [6.07, 6.45) is -0.0721. The SMILES string of the molecule is COCC1CC(F)(F)CN1C. The Balaban J connectivity index is 2.45. The van der Waals surface area contributed by atoms with E-state index in [0.717, 1.165) is 0 Å². The Kier molecular flexibility index (Phi) is 2.44. The minimum absolute atomic E-state index is 0.0721. The Bertz CT molecular complexity index is 140. The minimum Gasteiger partial charge on any atom is -0.383 e. The lowest BCUT2D eigenvalue weighted by Crippen LogP contribution is -2.29. The van der Waals surface area contributed by atoms with E-state index >= 15 is 0 Å². The van der Waals surface area contributed by atoms with Crippen molar-refractivity contribution in [1.82, 2.24) is 4.90 Å². The van der Waals surface area contributed by atoms with Crippen LogP contribution in [0.5, 0.6) is 0 Å². The quantitative estimate of drug-likeness (QED) is 0.604. The van der Waals surface area contributed by atoms with E-state index in [0.29, 0.717) is 6.61 Å². The summed E-state index contributed by atoms with van der Waals surface area (Å²) in [6, 6.07) is -0.116. The van der Waals surface area contributed by atoms with E-state index in [1.54, 1.807) is 11.9 Å². The molecule has 0 radical (unpaired) electrons. The highest BCUT2D eigenvalue weighted by Crippen LogP contribution is 2.30. The van der Waals surface area contributed by atoms with E-state index in [2.05, 4.69) is 0 Å². The van der Waals surface area contributed by atoms with Gasteiger partial charge in [-0.05, 0) is 7.05 Å². The molecule has 0 N–H and O–H groups in total. The van der Waals surface area contributed by atoms with Crippen LogP contribution in [0.4, 0.5) is 8.78 Å². The maximum Gasteiger partial charge on any atom is 0.262 e. The summed E-state index contributed by atoms with van der Waals surface area (Å²) in [7, 11) is 3.23. The van der Waals surface area contributed by atoms with Crippen molar-refractivity contribution in [3.63, 3.8) is 0 Å². The number of likely N-dealkylation sites (tertiary alicyclic amines) is 1. The number of halogens is 2. The van der Waals surface area contributed by atoms with E-state index in [1.807, 2.05) is 0 Å². The van der Waals surface area contributed by atoms with Crippen LogP contribution in [0.1, 0.15) is 6.42 Å². The Morgan fingerprint density at radius 1 is 1.64 bits per heavy atom. The van der Waals surface area contributed by atoms with Crippen LogP contribution in [-0.4, -0.2) is 44.2 Å². The second-order valence-corrected chi connectivity index (χ2v) is 3.08. The molecule has 4 heteroatoms. The summed E-state index contributed by atoms with van der Waals surface area (Å²) in [6.45, 7) is 0.257. The summed E-state index contributed by atoms with van der Waals surface area (Å²) >= 11 is 0. The van der Waals surface area contributed by atoms with Crippen LogP contribution in [0.3, 0.4) is 0 Å². The summed E-state index contributed by atoms with van der Waals surface area (Å²) in [5, 5.41) is 0. The third-order valence-corrected chi connectivity index (χ3v) is 2.00. The first-order valence-electron chi connectivity index (χ1n) is 3.62. The van der Waals surface area contributed by atoms with Gasteiger partial charge in [-0.3, -0.25) is 4.90 Å². The first-order valence-corrected chi connectivity index (χ1v) is 3.62.